The van der Waals surface area contributed by atoms with Crippen LogP contribution in [0.2, 0.25) is 10.0 Å². The Balaban J connectivity index is 1.65. The molecule has 26 heavy (non-hydrogen) atoms. The van der Waals surface area contributed by atoms with Crippen molar-refractivity contribution in [2.24, 2.45) is 0 Å². The molecule has 4 nitrogen and oxygen atoms in total. The standard InChI is InChI=1S/C20H17Cl2N3O/c21-15-5-1-4-14(12-15)9-11-24-20(26)18-8-3-10-23-19(18)25-17-7-2-6-16(22)13-17/h1-8,10,12-13H,9,11H2,(H,23,25)(H,24,26). The van der Waals surface area contributed by atoms with E-state index in [1.54, 1.807) is 30.5 Å². The van der Waals surface area contributed by atoms with Crippen molar-refractivity contribution in [1.29, 1.82) is 0 Å². The minimum absolute atomic E-state index is 0.190. The van der Waals surface area contributed by atoms with Gasteiger partial charge in [0.25, 0.3) is 5.91 Å². The molecule has 0 aliphatic carbocycles. The van der Waals surface area contributed by atoms with Gasteiger partial charge >= 0.3 is 0 Å². The van der Waals surface area contributed by atoms with Crippen LogP contribution in [0.25, 0.3) is 0 Å². The number of benzene rings is 2. The number of amides is 1. The molecule has 0 spiro atoms. The monoisotopic (exact) mass is 385 g/mol. The second-order valence-corrected chi connectivity index (χ2v) is 6.54. The van der Waals surface area contributed by atoms with Crippen LogP contribution in [-0.2, 0) is 6.42 Å². The number of anilines is 2. The Morgan fingerprint density at radius 2 is 1.73 bits per heavy atom. The number of pyridine rings is 1. The van der Waals surface area contributed by atoms with Gasteiger partial charge in [0, 0.05) is 28.5 Å². The smallest absolute Gasteiger partial charge is 0.255 e. The van der Waals surface area contributed by atoms with Gasteiger partial charge in [0.05, 0.1) is 5.56 Å². The summed E-state index contributed by atoms with van der Waals surface area (Å²) in [6.07, 6.45) is 2.33. The molecule has 1 heterocycles. The van der Waals surface area contributed by atoms with Crippen molar-refractivity contribution in [3.05, 3.63) is 88.0 Å². The Labute approximate surface area is 162 Å². The van der Waals surface area contributed by atoms with Gasteiger partial charge in [0.1, 0.15) is 5.82 Å². The van der Waals surface area contributed by atoms with Gasteiger partial charge in [-0.15, -0.1) is 0 Å². The topological polar surface area (TPSA) is 54.0 Å². The van der Waals surface area contributed by atoms with Crippen LogP contribution in [0, 0.1) is 0 Å². The summed E-state index contributed by atoms with van der Waals surface area (Å²) in [6.45, 7) is 0.505. The van der Waals surface area contributed by atoms with Gasteiger partial charge in [-0.25, -0.2) is 4.98 Å². The fourth-order valence-electron chi connectivity index (χ4n) is 2.50. The van der Waals surface area contributed by atoms with Crippen LogP contribution < -0.4 is 10.6 Å². The number of rotatable bonds is 6. The van der Waals surface area contributed by atoms with Crippen LogP contribution in [0.3, 0.4) is 0 Å². The highest BCUT2D eigenvalue weighted by Gasteiger charge is 2.12. The molecule has 3 rings (SSSR count). The summed E-state index contributed by atoms with van der Waals surface area (Å²) < 4.78 is 0. The summed E-state index contributed by atoms with van der Waals surface area (Å²) in [5, 5.41) is 7.35. The molecule has 0 aliphatic rings. The fourth-order valence-corrected chi connectivity index (χ4v) is 2.90. The lowest BCUT2D eigenvalue weighted by Gasteiger charge is -2.11. The zero-order valence-corrected chi connectivity index (χ0v) is 15.4. The average Bonchev–Trinajstić information content (AvgIpc) is 2.62. The van der Waals surface area contributed by atoms with Crippen molar-refractivity contribution in [3.8, 4) is 0 Å². The quantitative estimate of drug-likeness (QED) is 0.620. The Morgan fingerprint density at radius 3 is 2.50 bits per heavy atom. The summed E-state index contributed by atoms with van der Waals surface area (Å²) in [5.41, 5.74) is 2.31. The molecule has 3 aromatic rings. The van der Waals surface area contributed by atoms with E-state index in [1.165, 1.54) is 0 Å². The van der Waals surface area contributed by atoms with Crippen LogP contribution in [0.15, 0.2) is 66.9 Å². The zero-order chi connectivity index (χ0) is 18.4. The average molecular weight is 386 g/mol. The summed E-state index contributed by atoms with van der Waals surface area (Å²) in [7, 11) is 0. The molecule has 0 saturated carbocycles. The van der Waals surface area contributed by atoms with Crippen LogP contribution >= 0.6 is 23.2 Å². The number of aromatic nitrogens is 1. The molecule has 0 radical (unpaired) electrons. The van der Waals surface area contributed by atoms with E-state index in [9.17, 15) is 4.79 Å². The Morgan fingerprint density at radius 1 is 0.962 bits per heavy atom. The van der Waals surface area contributed by atoms with E-state index in [1.807, 2.05) is 36.4 Å². The van der Waals surface area contributed by atoms with E-state index in [0.717, 1.165) is 11.3 Å². The summed E-state index contributed by atoms with van der Waals surface area (Å²) in [6, 6.07) is 18.3. The second kappa shape index (κ2) is 8.70. The van der Waals surface area contributed by atoms with Crippen molar-refractivity contribution < 1.29 is 4.79 Å². The van der Waals surface area contributed by atoms with Gasteiger partial charge in [-0.2, -0.15) is 0 Å². The molecule has 0 unspecified atom stereocenters. The van der Waals surface area contributed by atoms with Crippen molar-refractivity contribution in [2.75, 3.05) is 11.9 Å². The van der Waals surface area contributed by atoms with Gasteiger partial charge in [0.15, 0.2) is 0 Å². The first-order valence-electron chi connectivity index (χ1n) is 8.12. The predicted octanol–water partition coefficient (Wildman–Crippen LogP) is 5.10. The molecule has 2 aromatic carbocycles. The molecular weight excluding hydrogens is 369 g/mol. The number of carbonyl (C=O) groups is 1. The lowest BCUT2D eigenvalue weighted by molar-refractivity contribution is 0.0954. The number of halogens is 2. The molecule has 0 saturated heterocycles. The third-order valence-electron chi connectivity index (χ3n) is 3.73. The molecule has 132 valence electrons. The minimum atomic E-state index is -0.190. The zero-order valence-electron chi connectivity index (χ0n) is 13.9. The van der Waals surface area contributed by atoms with Crippen molar-refractivity contribution in [2.45, 2.75) is 6.42 Å². The summed E-state index contributed by atoms with van der Waals surface area (Å²) >= 11 is 12.0. The first-order chi connectivity index (χ1) is 12.6. The van der Waals surface area contributed by atoms with Crippen LogP contribution in [-0.4, -0.2) is 17.4 Å². The molecule has 0 atom stereocenters. The highest BCUT2D eigenvalue weighted by atomic mass is 35.5. The largest absolute Gasteiger partial charge is 0.352 e. The van der Waals surface area contributed by atoms with Crippen molar-refractivity contribution >= 4 is 40.6 Å². The maximum absolute atomic E-state index is 12.5. The van der Waals surface area contributed by atoms with Crippen LogP contribution in [0.5, 0.6) is 0 Å². The lowest BCUT2D eigenvalue weighted by atomic mass is 10.1. The fraction of sp³-hybridized carbons (Fsp3) is 0.100. The highest BCUT2D eigenvalue weighted by Crippen LogP contribution is 2.21. The molecule has 0 bridgehead atoms. The van der Waals surface area contributed by atoms with Gasteiger partial charge in [-0.05, 0) is 54.4 Å². The SMILES string of the molecule is O=C(NCCc1cccc(Cl)c1)c1cccnc1Nc1cccc(Cl)c1. The van der Waals surface area contributed by atoms with Crippen molar-refractivity contribution in [1.82, 2.24) is 10.3 Å². The van der Waals surface area contributed by atoms with E-state index in [-0.39, 0.29) is 5.91 Å². The number of hydrogen-bond acceptors (Lipinski definition) is 3. The lowest BCUT2D eigenvalue weighted by Crippen LogP contribution is -2.26. The molecule has 0 fully saturated rings. The number of carbonyl (C=O) groups excluding carboxylic acids is 1. The molecular formula is C20H17Cl2N3O. The number of nitrogens with zero attached hydrogens (tertiary/aromatic N) is 1. The Kier molecular flexibility index (Phi) is 6.10. The maximum Gasteiger partial charge on any atom is 0.255 e. The van der Waals surface area contributed by atoms with E-state index < -0.39 is 0 Å². The van der Waals surface area contributed by atoms with Gasteiger partial charge < -0.3 is 10.6 Å². The summed E-state index contributed by atoms with van der Waals surface area (Å²) in [5.74, 6) is 0.291. The van der Waals surface area contributed by atoms with Crippen molar-refractivity contribution in [3.63, 3.8) is 0 Å². The van der Waals surface area contributed by atoms with E-state index in [4.69, 9.17) is 23.2 Å². The number of hydrogen-bond donors (Lipinski definition) is 2. The third-order valence-corrected chi connectivity index (χ3v) is 4.20. The van der Waals surface area contributed by atoms with E-state index in [0.29, 0.717) is 34.4 Å². The first-order valence-corrected chi connectivity index (χ1v) is 8.88. The van der Waals surface area contributed by atoms with Gasteiger partial charge in [-0.3, -0.25) is 4.79 Å². The number of nitrogens with one attached hydrogen (secondary N) is 2. The summed E-state index contributed by atoms with van der Waals surface area (Å²) in [4.78, 5) is 16.8. The normalized spacial score (nSPS) is 10.4. The van der Waals surface area contributed by atoms with Crippen LogP contribution in [0.4, 0.5) is 11.5 Å². The second-order valence-electron chi connectivity index (χ2n) is 5.67. The van der Waals surface area contributed by atoms with E-state index in [2.05, 4.69) is 15.6 Å². The maximum atomic E-state index is 12.5. The van der Waals surface area contributed by atoms with Gasteiger partial charge in [-0.1, -0.05) is 41.4 Å². The first kappa shape index (κ1) is 18.2. The Hall–Kier alpha value is -2.56. The van der Waals surface area contributed by atoms with E-state index >= 15 is 0 Å². The Bertz CT molecular complexity index is 915. The van der Waals surface area contributed by atoms with Gasteiger partial charge in [0.2, 0.25) is 0 Å². The highest BCUT2D eigenvalue weighted by molar-refractivity contribution is 6.31. The molecule has 6 heteroatoms. The molecule has 1 amide bonds. The predicted molar refractivity (Wildman–Crippen MR) is 106 cm³/mol. The molecule has 2 N–H and O–H groups in total. The minimum Gasteiger partial charge on any atom is -0.352 e. The molecule has 0 aliphatic heterocycles. The van der Waals surface area contributed by atoms with Crippen LogP contribution in [0.1, 0.15) is 15.9 Å². The molecule has 1 aromatic heterocycles. The third kappa shape index (κ3) is 4.97.